The minimum Gasteiger partial charge on any atom is -0.343 e. The molecule has 1 aliphatic rings. The number of hydrogen-bond acceptors (Lipinski definition) is 2. The summed E-state index contributed by atoms with van der Waals surface area (Å²) >= 11 is 0. The molecule has 0 spiro atoms. The maximum absolute atomic E-state index is 12.3. The monoisotopic (exact) mass is 297 g/mol. The smallest absolute Gasteiger partial charge is 0.222 e. The molecule has 0 atom stereocenters. The Labute approximate surface area is 131 Å². The lowest BCUT2D eigenvalue weighted by Crippen LogP contribution is -2.31. The fraction of sp³-hybridized carbons (Fsp3) is 0.444. The normalized spacial score (nSPS) is 15.5. The molecule has 3 rings (SSSR count). The Morgan fingerprint density at radius 1 is 1.05 bits per heavy atom. The van der Waals surface area contributed by atoms with Crippen LogP contribution in [0.2, 0.25) is 0 Å². The van der Waals surface area contributed by atoms with Gasteiger partial charge in [-0.2, -0.15) is 5.10 Å². The fourth-order valence-electron chi connectivity index (χ4n) is 2.94. The van der Waals surface area contributed by atoms with Crippen molar-refractivity contribution >= 4 is 5.91 Å². The van der Waals surface area contributed by atoms with Gasteiger partial charge in [0.15, 0.2) is 0 Å². The number of benzene rings is 1. The van der Waals surface area contributed by atoms with E-state index < -0.39 is 0 Å². The van der Waals surface area contributed by atoms with E-state index >= 15 is 0 Å². The molecular formula is C18H23N3O. The number of carbonyl (C=O) groups excluding carboxylic acids is 1. The number of hydrogen-bond donors (Lipinski definition) is 0. The Kier molecular flexibility index (Phi) is 4.88. The van der Waals surface area contributed by atoms with Crippen LogP contribution in [0, 0.1) is 0 Å². The molecule has 4 heteroatoms. The zero-order valence-electron chi connectivity index (χ0n) is 12.9. The number of carbonyl (C=O) groups is 1. The molecule has 22 heavy (non-hydrogen) atoms. The van der Waals surface area contributed by atoms with E-state index in [-0.39, 0.29) is 5.91 Å². The van der Waals surface area contributed by atoms with Crippen LogP contribution < -0.4 is 0 Å². The highest BCUT2D eigenvalue weighted by Crippen LogP contribution is 2.13. The fourth-order valence-corrected chi connectivity index (χ4v) is 2.94. The summed E-state index contributed by atoms with van der Waals surface area (Å²) in [6.07, 6.45) is 10.0. The molecule has 1 aromatic heterocycles. The number of nitrogens with zero attached hydrogens (tertiary/aromatic N) is 3. The number of aryl methyl sites for hydroxylation is 1. The highest BCUT2D eigenvalue weighted by atomic mass is 16.2. The first kappa shape index (κ1) is 14.8. The molecule has 2 aromatic rings. The standard InChI is InChI=1S/C18H23N3O/c22-18(20-12-6-1-2-7-13-20)11-10-16-14-19-21(15-16)17-8-4-3-5-9-17/h3-5,8-9,14-15H,1-2,6-7,10-13H2. The summed E-state index contributed by atoms with van der Waals surface area (Å²) in [7, 11) is 0. The average molecular weight is 297 g/mol. The molecule has 1 amide bonds. The van der Waals surface area contributed by atoms with Crippen molar-refractivity contribution in [3.05, 3.63) is 48.3 Å². The first-order valence-corrected chi connectivity index (χ1v) is 8.20. The Balaban J connectivity index is 1.55. The molecule has 116 valence electrons. The molecule has 0 saturated carbocycles. The first-order chi connectivity index (χ1) is 10.8. The van der Waals surface area contributed by atoms with Crippen molar-refractivity contribution in [2.75, 3.05) is 13.1 Å². The Morgan fingerprint density at radius 2 is 1.77 bits per heavy atom. The zero-order chi connectivity index (χ0) is 15.2. The third-order valence-electron chi connectivity index (χ3n) is 4.24. The van der Waals surface area contributed by atoms with E-state index in [2.05, 4.69) is 5.10 Å². The van der Waals surface area contributed by atoms with Crippen molar-refractivity contribution in [1.82, 2.24) is 14.7 Å². The van der Waals surface area contributed by atoms with Crippen molar-refractivity contribution in [3.8, 4) is 5.69 Å². The molecule has 0 bridgehead atoms. The molecule has 1 aromatic carbocycles. The van der Waals surface area contributed by atoms with E-state index in [0.29, 0.717) is 6.42 Å². The third-order valence-corrected chi connectivity index (χ3v) is 4.24. The summed E-state index contributed by atoms with van der Waals surface area (Å²) in [5.41, 5.74) is 2.17. The van der Waals surface area contributed by atoms with E-state index in [1.807, 2.05) is 52.3 Å². The second-order valence-corrected chi connectivity index (χ2v) is 5.92. The van der Waals surface area contributed by atoms with Gasteiger partial charge >= 0.3 is 0 Å². The van der Waals surface area contributed by atoms with Crippen molar-refractivity contribution in [2.24, 2.45) is 0 Å². The summed E-state index contributed by atoms with van der Waals surface area (Å²) in [5.74, 6) is 0.286. The SMILES string of the molecule is O=C(CCc1cnn(-c2ccccc2)c1)N1CCCCCC1. The van der Waals surface area contributed by atoms with E-state index in [0.717, 1.165) is 43.6 Å². The molecule has 1 fully saturated rings. The van der Waals surface area contributed by atoms with E-state index in [1.54, 1.807) is 0 Å². The van der Waals surface area contributed by atoms with Crippen LogP contribution >= 0.6 is 0 Å². The molecule has 0 N–H and O–H groups in total. The van der Waals surface area contributed by atoms with Gasteiger partial charge < -0.3 is 4.90 Å². The van der Waals surface area contributed by atoms with Crippen molar-refractivity contribution < 1.29 is 4.79 Å². The van der Waals surface area contributed by atoms with Crippen LogP contribution in [0.15, 0.2) is 42.7 Å². The minimum absolute atomic E-state index is 0.286. The van der Waals surface area contributed by atoms with Crippen LogP contribution in [0.25, 0.3) is 5.69 Å². The molecule has 0 radical (unpaired) electrons. The third kappa shape index (κ3) is 3.75. The van der Waals surface area contributed by atoms with E-state index in [9.17, 15) is 4.79 Å². The Bertz CT molecular complexity index is 598. The second kappa shape index (κ2) is 7.25. The van der Waals surface area contributed by atoms with Crippen LogP contribution in [0.1, 0.15) is 37.7 Å². The number of rotatable bonds is 4. The minimum atomic E-state index is 0.286. The van der Waals surface area contributed by atoms with Gasteiger partial charge in [-0.15, -0.1) is 0 Å². The highest BCUT2D eigenvalue weighted by molar-refractivity contribution is 5.76. The van der Waals surface area contributed by atoms with Gasteiger partial charge in [0.1, 0.15) is 0 Å². The van der Waals surface area contributed by atoms with Crippen LogP contribution in [-0.4, -0.2) is 33.7 Å². The molecule has 0 unspecified atom stereocenters. The number of para-hydroxylation sites is 1. The van der Waals surface area contributed by atoms with E-state index in [4.69, 9.17) is 0 Å². The summed E-state index contributed by atoms with van der Waals surface area (Å²) in [6.45, 7) is 1.87. The summed E-state index contributed by atoms with van der Waals surface area (Å²) in [6, 6.07) is 10.0. The molecule has 4 nitrogen and oxygen atoms in total. The number of aromatic nitrogens is 2. The van der Waals surface area contributed by atoms with E-state index in [1.165, 1.54) is 12.8 Å². The molecule has 2 heterocycles. The van der Waals surface area contributed by atoms with Gasteiger partial charge in [-0.3, -0.25) is 4.79 Å². The lowest BCUT2D eigenvalue weighted by molar-refractivity contribution is -0.131. The Morgan fingerprint density at radius 3 is 2.50 bits per heavy atom. The maximum atomic E-state index is 12.3. The first-order valence-electron chi connectivity index (χ1n) is 8.20. The van der Waals surface area contributed by atoms with Crippen molar-refractivity contribution in [3.63, 3.8) is 0 Å². The predicted molar refractivity (Wildman–Crippen MR) is 86.9 cm³/mol. The molecule has 1 aliphatic heterocycles. The largest absolute Gasteiger partial charge is 0.343 e. The van der Waals surface area contributed by atoms with Crippen molar-refractivity contribution in [2.45, 2.75) is 38.5 Å². The summed E-state index contributed by atoms with van der Waals surface area (Å²) < 4.78 is 1.87. The Hall–Kier alpha value is -2.10. The van der Waals surface area contributed by atoms with Crippen molar-refractivity contribution in [1.29, 1.82) is 0 Å². The average Bonchev–Trinajstić information content (AvgIpc) is 2.87. The van der Waals surface area contributed by atoms with Crippen LogP contribution in [0.5, 0.6) is 0 Å². The van der Waals surface area contributed by atoms with Gasteiger partial charge in [0, 0.05) is 25.7 Å². The van der Waals surface area contributed by atoms with Gasteiger partial charge in [0.05, 0.1) is 11.9 Å². The zero-order valence-corrected chi connectivity index (χ0v) is 12.9. The molecule has 1 saturated heterocycles. The van der Waals surface area contributed by atoms with Gasteiger partial charge in [-0.05, 0) is 37.0 Å². The van der Waals surface area contributed by atoms with Gasteiger partial charge in [-0.1, -0.05) is 31.0 Å². The number of amides is 1. The van der Waals surface area contributed by atoms with Gasteiger partial charge in [0.25, 0.3) is 0 Å². The highest BCUT2D eigenvalue weighted by Gasteiger charge is 2.15. The summed E-state index contributed by atoms with van der Waals surface area (Å²) in [4.78, 5) is 14.3. The summed E-state index contributed by atoms with van der Waals surface area (Å²) in [5, 5.41) is 4.38. The van der Waals surface area contributed by atoms with Gasteiger partial charge in [-0.25, -0.2) is 4.68 Å². The topological polar surface area (TPSA) is 38.1 Å². The maximum Gasteiger partial charge on any atom is 0.222 e. The lowest BCUT2D eigenvalue weighted by atomic mass is 10.2. The lowest BCUT2D eigenvalue weighted by Gasteiger charge is -2.19. The molecular weight excluding hydrogens is 274 g/mol. The molecule has 0 aliphatic carbocycles. The van der Waals surface area contributed by atoms with Gasteiger partial charge in [0.2, 0.25) is 5.91 Å². The van der Waals surface area contributed by atoms with Crippen LogP contribution in [-0.2, 0) is 11.2 Å². The van der Waals surface area contributed by atoms with Crippen LogP contribution in [0.4, 0.5) is 0 Å². The van der Waals surface area contributed by atoms with Crippen LogP contribution in [0.3, 0.4) is 0 Å². The number of likely N-dealkylation sites (tertiary alicyclic amines) is 1. The predicted octanol–water partition coefficient (Wildman–Crippen LogP) is 3.21. The second-order valence-electron chi connectivity index (χ2n) is 5.92. The quantitative estimate of drug-likeness (QED) is 0.869.